The number of rotatable bonds is 6. The normalized spacial score (nSPS) is 10.9. The van der Waals surface area contributed by atoms with Crippen molar-refractivity contribution in [1.82, 2.24) is 20.5 Å². The van der Waals surface area contributed by atoms with Crippen molar-refractivity contribution in [3.8, 4) is 28.3 Å². The smallest absolute Gasteiger partial charge is 0.252 e. The fourth-order valence-corrected chi connectivity index (χ4v) is 4.03. The second-order valence-corrected chi connectivity index (χ2v) is 8.62. The number of aryl methyl sites for hydroxylation is 2. The van der Waals surface area contributed by atoms with Crippen molar-refractivity contribution in [2.75, 3.05) is 7.11 Å². The zero-order valence-electron chi connectivity index (χ0n) is 19.9. The SMILES string of the molecule is COc1ccc(-c2[nH]nc3nc(-c4ccc(C)cc4)cc(C(=O)NCc4ccc(C)cc4)c23)cc1. The molecular formula is C29H26N4O2. The highest BCUT2D eigenvalue weighted by Gasteiger charge is 2.20. The number of nitrogens with one attached hydrogen (secondary N) is 2. The van der Waals surface area contributed by atoms with Crippen LogP contribution in [-0.2, 0) is 6.54 Å². The predicted molar refractivity (Wildman–Crippen MR) is 138 cm³/mol. The fraction of sp³-hybridized carbons (Fsp3) is 0.138. The molecule has 0 saturated heterocycles. The van der Waals surface area contributed by atoms with E-state index in [1.807, 2.05) is 92.7 Å². The van der Waals surface area contributed by atoms with Gasteiger partial charge in [-0.05, 0) is 49.7 Å². The molecule has 5 aromatic rings. The summed E-state index contributed by atoms with van der Waals surface area (Å²) in [5, 5.41) is 11.3. The van der Waals surface area contributed by atoms with E-state index in [0.29, 0.717) is 28.8 Å². The number of aromatic amines is 1. The molecule has 0 saturated carbocycles. The van der Waals surface area contributed by atoms with E-state index in [-0.39, 0.29) is 5.91 Å². The minimum Gasteiger partial charge on any atom is -0.497 e. The quantitative estimate of drug-likeness (QED) is 0.332. The van der Waals surface area contributed by atoms with Crippen LogP contribution in [0.1, 0.15) is 27.0 Å². The second-order valence-electron chi connectivity index (χ2n) is 8.62. The van der Waals surface area contributed by atoms with E-state index in [2.05, 4.69) is 15.5 Å². The highest BCUT2D eigenvalue weighted by atomic mass is 16.5. The Morgan fingerprint density at radius 2 is 1.51 bits per heavy atom. The third-order valence-corrected chi connectivity index (χ3v) is 6.07. The van der Waals surface area contributed by atoms with Crippen molar-refractivity contribution in [3.05, 3.63) is 101 Å². The molecule has 0 aliphatic carbocycles. The van der Waals surface area contributed by atoms with Crippen LogP contribution < -0.4 is 10.1 Å². The first kappa shape index (κ1) is 22.3. The van der Waals surface area contributed by atoms with Crippen molar-refractivity contribution >= 4 is 16.9 Å². The number of nitrogens with zero attached hydrogens (tertiary/aromatic N) is 2. The number of carbonyl (C=O) groups excluding carboxylic acids is 1. The van der Waals surface area contributed by atoms with Crippen LogP contribution in [0.5, 0.6) is 5.75 Å². The number of amides is 1. The molecule has 2 aromatic heterocycles. The summed E-state index contributed by atoms with van der Waals surface area (Å²) < 4.78 is 5.29. The first-order valence-corrected chi connectivity index (χ1v) is 11.5. The average Bonchev–Trinajstić information content (AvgIpc) is 3.32. The molecule has 0 fully saturated rings. The molecule has 0 atom stereocenters. The zero-order chi connectivity index (χ0) is 24.4. The molecule has 6 heteroatoms. The molecule has 3 aromatic carbocycles. The van der Waals surface area contributed by atoms with Crippen molar-refractivity contribution in [2.24, 2.45) is 0 Å². The van der Waals surface area contributed by atoms with Gasteiger partial charge in [0.1, 0.15) is 5.75 Å². The average molecular weight is 463 g/mol. The Morgan fingerprint density at radius 3 is 2.17 bits per heavy atom. The first-order valence-electron chi connectivity index (χ1n) is 11.5. The second kappa shape index (κ2) is 9.43. The molecule has 2 N–H and O–H groups in total. The van der Waals surface area contributed by atoms with Crippen LogP contribution in [0.2, 0.25) is 0 Å². The van der Waals surface area contributed by atoms with Gasteiger partial charge in [-0.15, -0.1) is 0 Å². The van der Waals surface area contributed by atoms with Gasteiger partial charge in [0, 0.05) is 17.7 Å². The van der Waals surface area contributed by atoms with Gasteiger partial charge in [-0.3, -0.25) is 9.89 Å². The lowest BCUT2D eigenvalue weighted by molar-refractivity contribution is 0.0952. The summed E-state index contributed by atoms with van der Waals surface area (Å²) in [5.74, 6) is 0.580. The summed E-state index contributed by atoms with van der Waals surface area (Å²) in [6.45, 7) is 4.51. The highest BCUT2D eigenvalue weighted by molar-refractivity contribution is 6.11. The summed E-state index contributed by atoms with van der Waals surface area (Å²) in [7, 11) is 1.63. The Bertz CT molecular complexity index is 1490. The molecule has 5 rings (SSSR count). The minimum absolute atomic E-state index is 0.178. The van der Waals surface area contributed by atoms with Gasteiger partial charge < -0.3 is 10.1 Å². The van der Waals surface area contributed by atoms with E-state index in [9.17, 15) is 4.79 Å². The molecule has 0 bridgehead atoms. The number of methoxy groups -OCH3 is 1. The fourth-order valence-electron chi connectivity index (χ4n) is 4.03. The standard InChI is InChI=1S/C29H26N4O2/c1-18-4-8-20(9-5-18)17-30-29(34)24-16-25(21-10-6-19(2)7-11-21)31-28-26(24)27(32-33-28)22-12-14-23(35-3)15-13-22/h4-16H,17H2,1-3H3,(H,30,34)(H,31,32,33). The molecular weight excluding hydrogens is 436 g/mol. The maximum atomic E-state index is 13.5. The van der Waals surface area contributed by atoms with Gasteiger partial charge in [-0.2, -0.15) is 5.10 Å². The third kappa shape index (κ3) is 4.64. The number of pyridine rings is 1. The van der Waals surface area contributed by atoms with Crippen molar-refractivity contribution < 1.29 is 9.53 Å². The Hall–Kier alpha value is -4.45. The summed E-state index contributed by atoms with van der Waals surface area (Å²) in [4.78, 5) is 18.3. The van der Waals surface area contributed by atoms with E-state index in [1.54, 1.807) is 7.11 Å². The van der Waals surface area contributed by atoms with E-state index in [1.165, 1.54) is 5.56 Å². The maximum absolute atomic E-state index is 13.5. The maximum Gasteiger partial charge on any atom is 0.252 e. The van der Waals surface area contributed by atoms with E-state index in [4.69, 9.17) is 9.72 Å². The van der Waals surface area contributed by atoms with Gasteiger partial charge in [0.2, 0.25) is 0 Å². The van der Waals surface area contributed by atoms with Gasteiger partial charge in [-0.1, -0.05) is 59.7 Å². The van der Waals surface area contributed by atoms with Crippen LogP contribution in [0.4, 0.5) is 0 Å². The lowest BCUT2D eigenvalue weighted by Gasteiger charge is -2.10. The summed E-state index contributed by atoms with van der Waals surface area (Å²) in [5.41, 5.74) is 7.66. The van der Waals surface area contributed by atoms with E-state index >= 15 is 0 Å². The molecule has 6 nitrogen and oxygen atoms in total. The monoisotopic (exact) mass is 462 g/mol. The molecule has 0 radical (unpaired) electrons. The highest BCUT2D eigenvalue weighted by Crippen LogP contribution is 2.32. The lowest BCUT2D eigenvalue weighted by atomic mass is 10.0. The van der Waals surface area contributed by atoms with Crippen LogP contribution in [0, 0.1) is 13.8 Å². The first-order chi connectivity index (χ1) is 17.0. The number of H-pyrrole nitrogens is 1. The van der Waals surface area contributed by atoms with Gasteiger partial charge in [0.05, 0.1) is 29.4 Å². The van der Waals surface area contributed by atoms with Crippen molar-refractivity contribution in [2.45, 2.75) is 20.4 Å². The molecule has 35 heavy (non-hydrogen) atoms. The van der Waals surface area contributed by atoms with Crippen molar-refractivity contribution in [1.29, 1.82) is 0 Å². The van der Waals surface area contributed by atoms with Gasteiger partial charge >= 0.3 is 0 Å². The van der Waals surface area contributed by atoms with Crippen LogP contribution >= 0.6 is 0 Å². The molecule has 0 aliphatic heterocycles. The zero-order valence-corrected chi connectivity index (χ0v) is 19.9. The van der Waals surface area contributed by atoms with Gasteiger partial charge in [0.15, 0.2) is 5.65 Å². The number of carbonyl (C=O) groups is 1. The molecule has 0 unspecified atom stereocenters. The van der Waals surface area contributed by atoms with E-state index < -0.39 is 0 Å². The number of ether oxygens (including phenoxy) is 1. The number of fused-ring (bicyclic) bond motifs is 1. The van der Waals surface area contributed by atoms with E-state index in [0.717, 1.165) is 33.7 Å². The minimum atomic E-state index is -0.178. The number of hydrogen-bond acceptors (Lipinski definition) is 4. The van der Waals surface area contributed by atoms with Crippen LogP contribution in [0.25, 0.3) is 33.5 Å². The lowest BCUT2D eigenvalue weighted by Crippen LogP contribution is -2.23. The largest absolute Gasteiger partial charge is 0.497 e. The molecule has 1 amide bonds. The summed E-state index contributed by atoms with van der Waals surface area (Å²) >= 11 is 0. The van der Waals surface area contributed by atoms with Crippen LogP contribution in [0.3, 0.4) is 0 Å². The summed E-state index contributed by atoms with van der Waals surface area (Å²) in [6, 6.07) is 25.7. The number of hydrogen-bond donors (Lipinski definition) is 2. The third-order valence-electron chi connectivity index (χ3n) is 6.07. The molecule has 2 heterocycles. The Balaban J connectivity index is 1.59. The number of benzene rings is 3. The Labute approximate surface area is 204 Å². The predicted octanol–water partition coefficient (Wildman–Crippen LogP) is 5.85. The van der Waals surface area contributed by atoms with Gasteiger partial charge in [-0.25, -0.2) is 4.98 Å². The molecule has 174 valence electrons. The summed E-state index contributed by atoms with van der Waals surface area (Å²) in [6.07, 6.45) is 0. The van der Waals surface area contributed by atoms with Crippen LogP contribution in [0.15, 0.2) is 78.9 Å². The van der Waals surface area contributed by atoms with Crippen LogP contribution in [-0.4, -0.2) is 28.2 Å². The number of aromatic nitrogens is 3. The van der Waals surface area contributed by atoms with Crippen molar-refractivity contribution in [3.63, 3.8) is 0 Å². The van der Waals surface area contributed by atoms with Gasteiger partial charge in [0.25, 0.3) is 5.91 Å². The Morgan fingerprint density at radius 1 is 0.886 bits per heavy atom. The Kier molecular flexibility index (Phi) is 6.02. The molecule has 0 aliphatic rings. The topological polar surface area (TPSA) is 79.9 Å². The molecule has 0 spiro atoms.